The molecule has 11 rings (SSSR count). The first-order chi connectivity index (χ1) is 28.7. The fraction of sp³-hybridized carbons (Fsp3) is 0. The van der Waals surface area contributed by atoms with E-state index in [0.717, 1.165) is 17.1 Å². The van der Waals surface area contributed by atoms with Crippen LogP contribution in [0.1, 0.15) is 0 Å². The van der Waals surface area contributed by atoms with Crippen LogP contribution in [-0.4, -0.2) is 0 Å². The highest BCUT2D eigenvalue weighted by molar-refractivity contribution is 7.26. The zero-order valence-corrected chi connectivity index (χ0v) is 32.5. The molecule has 10 aromatic carbocycles. The molecule has 0 radical (unpaired) electrons. The highest BCUT2D eigenvalue weighted by Crippen LogP contribution is 2.42. The van der Waals surface area contributed by atoms with Gasteiger partial charge in [0.1, 0.15) is 0 Å². The van der Waals surface area contributed by atoms with Crippen molar-refractivity contribution >= 4 is 70.1 Å². The Labute approximate surface area is 342 Å². The summed E-state index contributed by atoms with van der Waals surface area (Å²) in [4.78, 5) is 2.37. The highest BCUT2D eigenvalue weighted by atomic mass is 32.1. The molecule has 0 amide bonds. The minimum Gasteiger partial charge on any atom is -0.310 e. The van der Waals surface area contributed by atoms with Gasteiger partial charge in [-0.15, -0.1) is 11.3 Å². The van der Waals surface area contributed by atoms with Gasteiger partial charge in [-0.05, 0) is 121 Å². The Morgan fingerprint density at radius 2 is 0.828 bits per heavy atom. The van der Waals surface area contributed by atoms with E-state index in [2.05, 4.69) is 229 Å². The normalized spacial score (nSPS) is 11.4. The molecule has 0 aliphatic carbocycles. The number of anilines is 3. The third-order valence-electron chi connectivity index (χ3n) is 11.4. The van der Waals surface area contributed by atoms with E-state index < -0.39 is 0 Å². The lowest BCUT2D eigenvalue weighted by atomic mass is 9.97. The number of thiophene rings is 1. The molecular weight excluding hydrogens is 719 g/mol. The molecule has 0 aliphatic heterocycles. The molecule has 0 aliphatic rings. The van der Waals surface area contributed by atoms with Crippen LogP contribution < -0.4 is 4.90 Å². The van der Waals surface area contributed by atoms with E-state index in [1.54, 1.807) is 0 Å². The maximum absolute atomic E-state index is 2.37. The SMILES string of the molecule is c1cc(-c2ccc(N(c3ccc(-c4cccc5ccccc45)cc3)c3cccc(-c4ccc5ccccc5c4)c3)cc2)cc(-c2cccc3c2sc2ccccc23)c1. The second-order valence-corrected chi connectivity index (χ2v) is 16.0. The van der Waals surface area contributed by atoms with Crippen molar-refractivity contribution in [1.29, 1.82) is 0 Å². The third kappa shape index (κ3) is 6.12. The Balaban J connectivity index is 0.983. The van der Waals surface area contributed by atoms with E-state index in [1.165, 1.54) is 86.2 Å². The number of hydrogen-bond donors (Lipinski definition) is 0. The largest absolute Gasteiger partial charge is 0.310 e. The van der Waals surface area contributed by atoms with E-state index >= 15 is 0 Å². The van der Waals surface area contributed by atoms with Crippen molar-refractivity contribution in [3.8, 4) is 44.5 Å². The summed E-state index contributed by atoms with van der Waals surface area (Å²) < 4.78 is 2.66. The number of hydrogen-bond acceptors (Lipinski definition) is 2. The van der Waals surface area contributed by atoms with E-state index in [0.29, 0.717) is 0 Å². The van der Waals surface area contributed by atoms with Crippen LogP contribution in [0, 0.1) is 0 Å². The Morgan fingerprint density at radius 3 is 1.66 bits per heavy atom. The van der Waals surface area contributed by atoms with Crippen molar-refractivity contribution in [2.24, 2.45) is 0 Å². The van der Waals surface area contributed by atoms with E-state index in [4.69, 9.17) is 0 Å². The summed E-state index contributed by atoms with van der Waals surface area (Å²) in [6.45, 7) is 0. The first kappa shape index (κ1) is 34.0. The maximum Gasteiger partial charge on any atom is 0.0467 e. The van der Waals surface area contributed by atoms with Gasteiger partial charge in [0, 0.05) is 37.2 Å². The van der Waals surface area contributed by atoms with Crippen molar-refractivity contribution < 1.29 is 0 Å². The van der Waals surface area contributed by atoms with Gasteiger partial charge in [-0.25, -0.2) is 0 Å². The Morgan fingerprint density at radius 1 is 0.276 bits per heavy atom. The van der Waals surface area contributed by atoms with Gasteiger partial charge in [0.15, 0.2) is 0 Å². The summed E-state index contributed by atoms with van der Waals surface area (Å²) in [7, 11) is 0. The third-order valence-corrected chi connectivity index (χ3v) is 12.7. The van der Waals surface area contributed by atoms with Gasteiger partial charge < -0.3 is 4.90 Å². The molecule has 0 spiro atoms. The Bertz CT molecular complexity index is 3280. The molecule has 1 nitrogen and oxygen atoms in total. The molecule has 11 aromatic rings. The summed E-state index contributed by atoms with van der Waals surface area (Å²) in [5.41, 5.74) is 13.0. The van der Waals surface area contributed by atoms with Gasteiger partial charge in [-0.2, -0.15) is 0 Å². The predicted molar refractivity (Wildman–Crippen MR) is 251 cm³/mol. The number of rotatable bonds is 7. The standard InChI is InChI=1S/C56H37NS/c1-2-13-42-35-45(26-25-38(42)11-1)44-16-8-18-49(37-44)57(48-33-29-41(30-34-48)51-21-9-14-40-12-3-4-19-50(40)51)47-31-27-39(28-32-47)43-15-7-17-46(36-43)52-22-10-23-54-53-20-5-6-24-55(53)58-56(52)54/h1-37H. The monoisotopic (exact) mass is 755 g/mol. The van der Waals surface area contributed by atoms with Crippen molar-refractivity contribution in [3.63, 3.8) is 0 Å². The van der Waals surface area contributed by atoms with Crippen LogP contribution in [0.3, 0.4) is 0 Å². The molecule has 0 atom stereocenters. The van der Waals surface area contributed by atoms with Gasteiger partial charge in [-0.1, -0.05) is 170 Å². The molecule has 272 valence electrons. The van der Waals surface area contributed by atoms with Crippen LogP contribution >= 0.6 is 11.3 Å². The molecule has 58 heavy (non-hydrogen) atoms. The first-order valence-corrected chi connectivity index (χ1v) is 20.6. The summed E-state index contributed by atoms with van der Waals surface area (Å²) in [5.74, 6) is 0. The van der Waals surface area contributed by atoms with Crippen LogP contribution in [0.25, 0.3) is 86.2 Å². The van der Waals surface area contributed by atoms with E-state index in [9.17, 15) is 0 Å². The second kappa shape index (κ2) is 14.4. The molecule has 0 fully saturated rings. The summed E-state index contributed by atoms with van der Waals surface area (Å²) in [6, 6.07) is 81.9. The lowest BCUT2D eigenvalue weighted by Gasteiger charge is -2.26. The molecule has 2 heteroatoms. The van der Waals surface area contributed by atoms with Crippen molar-refractivity contribution in [2.75, 3.05) is 4.90 Å². The van der Waals surface area contributed by atoms with Crippen LogP contribution in [0.5, 0.6) is 0 Å². The van der Waals surface area contributed by atoms with Gasteiger partial charge in [0.2, 0.25) is 0 Å². The summed E-state index contributed by atoms with van der Waals surface area (Å²) in [6.07, 6.45) is 0. The molecule has 0 saturated carbocycles. The average Bonchev–Trinajstić information content (AvgIpc) is 3.69. The zero-order chi connectivity index (χ0) is 38.4. The fourth-order valence-electron chi connectivity index (χ4n) is 8.55. The predicted octanol–water partition coefficient (Wildman–Crippen LogP) is 16.5. The van der Waals surface area contributed by atoms with E-state index in [1.807, 2.05) is 11.3 Å². The molecule has 0 unspecified atom stereocenters. The van der Waals surface area contributed by atoms with Crippen molar-refractivity contribution in [2.45, 2.75) is 0 Å². The molecule has 0 saturated heterocycles. The molecule has 1 heterocycles. The number of nitrogens with zero attached hydrogens (tertiary/aromatic N) is 1. The average molecular weight is 756 g/mol. The number of benzene rings is 10. The quantitative estimate of drug-likeness (QED) is 0.157. The van der Waals surface area contributed by atoms with Crippen LogP contribution in [-0.2, 0) is 0 Å². The van der Waals surface area contributed by atoms with Gasteiger partial charge >= 0.3 is 0 Å². The molecule has 0 N–H and O–H groups in total. The Hall–Kier alpha value is -7.26. The van der Waals surface area contributed by atoms with Crippen molar-refractivity contribution in [3.05, 3.63) is 224 Å². The minimum atomic E-state index is 1.10. The molecular formula is C56H37NS. The maximum atomic E-state index is 2.37. The smallest absolute Gasteiger partial charge is 0.0467 e. The van der Waals surface area contributed by atoms with Gasteiger partial charge in [0.25, 0.3) is 0 Å². The fourth-order valence-corrected chi connectivity index (χ4v) is 9.79. The second-order valence-electron chi connectivity index (χ2n) is 14.9. The van der Waals surface area contributed by atoms with Crippen LogP contribution in [0.2, 0.25) is 0 Å². The van der Waals surface area contributed by atoms with E-state index in [-0.39, 0.29) is 0 Å². The topological polar surface area (TPSA) is 3.24 Å². The first-order valence-electron chi connectivity index (χ1n) is 19.8. The summed E-state index contributed by atoms with van der Waals surface area (Å²) in [5, 5.41) is 7.65. The van der Waals surface area contributed by atoms with Gasteiger partial charge in [0.05, 0.1) is 0 Å². The van der Waals surface area contributed by atoms with Crippen LogP contribution in [0.15, 0.2) is 224 Å². The highest BCUT2D eigenvalue weighted by Gasteiger charge is 2.16. The lowest BCUT2D eigenvalue weighted by molar-refractivity contribution is 1.28. The van der Waals surface area contributed by atoms with Crippen LogP contribution in [0.4, 0.5) is 17.1 Å². The van der Waals surface area contributed by atoms with Gasteiger partial charge in [-0.3, -0.25) is 0 Å². The van der Waals surface area contributed by atoms with Crippen molar-refractivity contribution in [1.82, 2.24) is 0 Å². The minimum absolute atomic E-state index is 1.10. The number of fused-ring (bicyclic) bond motifs is 5. The zero-order valence-electron chi connectivity index (χ0n) is 31.7. The summed E-state index contributed by atoms with van der Waals surface area (Å²) >= 11 is 1.88. The Kier molecular flexibility index (Phi) is 8.42. The lowest BCUT2D eigenvalue weighted by Crippen LogP contribution is -2.10. The molecule has 0 bridgehead atoms. The molecule has 1 aromatic heterocycles.